The molecule has 0 aliphatic heterocycles. The maximum absolute atomic E-state index is 10.9. The predicted molar refractivity (Wildman–Crippen MR) is 74.5 cm³/mol. The molecule has 2 aromatic rings. The summed E-state index contributed by atoms with van der Waals surface area (Å²) in [5, 5.41) is 15.2. The minimum Gasteiger partial charge on any atom is -0.477 e. The molecule has 0 saturated carbocycles. The zero-order valence-corrected chi connectivity index (χ0v) is 11.2. The summed E-state index contributed by atoms with van der Waals surface area (Å²) in [7, 11) is 1.31. The van der Waals surface area contributed by atoms with E-state index >= 15 is 0 Å². The van der Waals surface area contributed by atoms with Gasteiger partial charge in [0.05, 0.1) is 12.8 Å². The van der Waals surface area contributed by atoms with Crippen molar-refractivity contribution in [1.29, 1.82) is 0 Å². The molecule has 2 rings (SSSR count). The number of nitrogens with one attached hydrogen (secondary N) is 1. The van der Waals surface area contributed by atoms with Crippen LogP contribution in [0, 0.1) is 11.8 Å². The molecule has 0 atom stereocenters. The molecule has 0 fully saturated rings. The molecule has 6 nitrogen and oxygen atoms in total. The minimum atomic E-state index is -1.06. The molecule has 1 aromatic heterocycles. The van der Waals surface area contributed by atoms with Crippen LogP contribution in [-0.4, -0.2) is 34.4 Å². The van der Waals surface area contributed by atoms with Crippen molar-refractivity contribution in [3.8, 4) is 23.1 Å². The number of hydrogen-bond donors (Lipinski definition) is 2. The van der Waals surface area contributed by atoms with Crippen molar-refractivity contribution in [3.63, 3.8) is 0 Å². The summed E-state index contributed by atoms with van der Waals surface area (Å²) in [6, 6.07) is 8.57. The van der Waals surface area contributed by atoms with Gasteiger partial charge in [-0.2, -0.15) is 5.10 Å². The van der Waals surface area contributed by atoms with Crippen LogP contribution in [0.1, 0.15) is 22.5 Å². The molecule has 0 saturated heterocycles. The monoisotopic (exact) mass is 284 g/mol. The molecule has 0 unspecified atom stereocenters. The number of nitrogens with zero attached hydrogens (tertiary/aromatic N) is 1. The number of aromatic nitrogens is 2. The Kier molecular flexibility index (Phi) is 4.36. The van der Waals surface area contributed by atoms with E-state index in [-0.39, 0.29) is 18.1 Å². The summed E-state index contributed by atoms with van der Waals surface area (Å²) in [5.41, 5.74) is 2.10. The number of H-pyrrole nitrogens is 1. The van der Waals surface area contributed by atoms with Crippen LogP contribution in [0.2, 0.25) is 0 Å². The average Bonchev–Trinajstić information content (AvgIpc) is 2.98. The van der Waals surface area contributed by atoms with Crippen LogP contribution in [0.15, 0.2) is 30.3 Å². The lowest BCUT2D eigenvalue weighted by atomic mass is 10.1. The molecule has 2 N–H and O–H groups in total. The SMILES string of the molecule is COC(=O)CC#Cc1ccc(-c2cc(C(=O)O)[nH]n2)cc1. The van der Waals surface area contributed by atoms with Crippen LogP contribution in [0.4, 0.5) is 0 Å². The summed E-state index contributed by atoms with van der Waals surface area (Å²) in [6.07, 6.45) is 0.0413. The highest BCUT2D eigenvalue weighted by Crippen LogP contribution is 2.18. The van der Waals surface area contributed by atoms with E-state index in [0.29, 0.717) is 5.69 Å². The quantitative estimate of drug-likeness (QED) is 0.661. The zero-order valence-electron chi connectivity index (χ0n) is 11.2. The Morgan fingerprint density at radius 3 is 2.62 bits per heavy atom. The van der Waals surface area contributed by atoms with Gasteiger partial charge in [0.1, 0.15) is 12.1 Å². The fourth-order valence-electron chi connectivity index (χ4n) is 1.59. The summed E-state index contributed by atoms with van der Waals surface area (Å²) in [6.45, 7) is 0. The number of carbonyl (C=O) groups excluding carboxylic acids is 1. The van der Waals surface area contributed by atoms with Gasteiger partial charge >= 0.3 is 11.9 Å². The van der Waals surface area contributed by atoms with Gasteiger partial charge < -0.3 is 9.84 Å². The predicted octanol–water partition coefficient (Wildman–Crippen LogP) is 1.69. The number of methoxy groups -OCH3 is 1. The Hall–Kier alpha value is -3.07. The Labute approximate surface area is 120 Å². The van der Waals surface area contributed by atoms with Crippen LogP contribution in [0.3, 0.4) is 0 Å². The zero-order chi connectivity index (χ0) is 15.2. The lowest BCUT2D eigenvalue weighted by molar-refractivity contribution is -0.139. The number of aromatic carboxylic acids is 1. The third-order valence-corrected chi connectivity index (χ3v) is 2.68. The maximum Gasteiger partial charge on any atom is 0.353 e. The second-order valence-electron chi connectivity index (χ2n) is 4.10. The van der Waals surface area contributed by atoms with E-state index in [1.165, 1.54) is 13.2 Å². The highest BCUT2D eigenvalue weighted by atomic mass is 16.5. The van der Waals surface area contributed by atoms with Gasteiger partial charge in [0.2, 0.25) is 0 Å². The van der Waals surface area contributed by atoms with Crippen molar-refractivity contribution >= 4 is 11.9 Å². The Balaban J connectivity index is 2.11. The van der Waals surface area contributed by atoms with E-state index in [9.17, 15) is 9.59 Å². The number of carboxylic acid groups (broad SMARTS) is 1. The Morgan fingerprint density at radius 1 is 1.33 bits per heavy atom. The van der Waals surface area contributed by atoms with Crippen LogP contribution in [-0.2, 0) is 9.53 Å². The number of esters is 1. The van der Waals surface area contributed by atoms with E-state index in [4.69, 9.17) is 5.11 Å². The second-order valence-corrected chi connectivity index (χ2v) is 4.10. The lowest BCUT2D eigenvalue weighted by Gasteiger charge is -1.96. The number of carboxylic acids is 1. The van der Waals surface area contributed by atoms with Crippen LogP contribution in [0.25, 0.3) is 11.3 Å². The van der Waals surface area contributed by atoms with Gasteiger partial charge in [-0.05, 0) is 18.2 Å². The molecule has 0 aliphatic carbocycles. The molecule has 21 heavy (non-hydrogen) atoms. The van der Waals surface area contributed by atoms with Gasteiger partial charge in [0.25, 0.3) is 0 Å². The summed E-state index contributed by atoms with van der Waals surface area (Å²) >= 11 is 0. The Bertz CT molecular complexity index is 720. The van der Waals surface area contributed by atoms with Gasteiger partial charge in [0.15, 0.2) is 0 Å². The number of ether oxygens (including phenoxy) is 1. The first kappa shape index (κ1) is 14.3. The van der Waals surface area contributed by atoms with E-state index in [2.05, 4.69) is 26.8 Å². The van der Waals surface area contributed by atoms with E-state index < -0.39 is 5.97 Å². The van der Waals surface area contributed by atoms with E-state index in [0.717, 1.165) is 11.1 Å². The number of hydrogen-bond acceptors (Lipinski definition) is 4. The van der Waals surface area contributed by atoms with Crippen molar-refractivity contribution in [2.75, 3.05) is 7.11 Å². The number of aromatic amines is 1. The third kappa shape index (κ3) is 3.70. The smallest absolute Gasteiger partial charge is 0.353 e. The molecule has 106 valence electrons. The van der Waals surface area contributed by atoms with Gasteiger partial charge in [0, 0.05) is 11.1 Å². The number of benzene rings is 1. The first-order chi connectivity index (χ1) is 10.1. The largest absolute Gasteiger partial charge is 0.477 e. The molecule has 1 heterocycles. The summed E-state index contributed by atoms with van der Waals surface area (Å²) < 4.78 is 4.49. The van der Waals surface area contributed by atoms with Crippen molar-refractivity contribution < 1.29 is 19.4 Å². The standard InChI is InChI=1S/C15H12N2O4/c1-21-14(18)4-2-3-10-5-7-11(8-6-10)12-9-13(15(19)20)17-16-12/h5-9H,4H2,1H3,(H,16,17)(H,19,20). The molecule has 1 aromatic carbocycles. The second kappa shape index (κ2) is 6.39. The molecule has 0 amide bonds. The van der Waals surface area contributed by atoms with Crippen molar-refractivity contribution in [1.82, 2.24) is 10.2 Å². The third-order valence-electron chi connectivity index (χ3n) is 2.68. The maximum atomic E-state index is 10.9. The summed E-state index contributed by atoms with van der Waals surface area (Å²) in [4.78, 5) is 21.7. The van der Waals surface area contributed by atoms with Crippen LogP contribution < -0.4 is 0 Å². The van der Waals surface area contributed by atoms with Crippen molar-refractivity contribution in [2.45, 2.75) is 6.42 Å². The van der Waals surface area contributed by atoms with Crippen LogP contribution >= 0.6 is 0 Å². The molecular formula is C15H12N2O4. The number of rotatable bonds is 3. The fraction of sp³-hybridized carbons (Fsp3) is 0.133. The van der Waals surface area contributed by atoms with Gasteiger partial charge in [-0.15, -0.1) is 0 Å². The highest BCUT2D eigenvalue weighted by molar-refractivity contribution is 5.86. The Morgan fingerprint density at radius 2 is 2.05 bits per heavy atom. The minimum absolute atomic E-state index is 0.0342. The molecule has 0 aliphatic rings. The fourth-order valence-corrected chi connectivity index (χ4v) is 1.59. The first-order valence-electron chi connectivity index (χ1n) is 6.05. The topological polar surface area (TPSA) is 92.3 Å². The molecule has 0 spiro atoms. The van der Waals surface area contributed by atoms with E-state index in [1.54, 1.807) is 24.3 Å². The average molecular weight is 284 g/mol. The normalized spacial score (nSPS) is 9.57. The molecule has 0 bridgehead atoms. The van der Waals surface area contributed by atoms with Crippen molar-refractivity contribution in [3.05, 3.63) is 41.6 Å². The summed E-state index contributed by atoms with van der Waals surface area (Å²) in [5.74, 6) is 4.11. The van der Waals surface area contributed by atoms with Crippen LogP contribution in [0.5, 0.6) is 0 Å². The van der Waals surface area contributed by atoms with E-state index in [1.807, 2.05) is 0 Å². The molecule has 6 heteroatoms. The lowest BCUT2D eigenvalue weighted by Crippen LogP contribution is -1.96. The van der Waals surface area contributed by atoms with Crippen molar-refractivity contribution in [2.24, 2.45) is 0 Å². The highest BCUT2D eigenvalue weighted by Gasteiger charge is 2.08. The molecule has 0 radical (unpaired) electrons. The van der Waals surface area contributed by atoms with Gasteiger partial charge in [-0.3, -0.25) is 9.89 Å². The van der Waals surface area contributed by atoms with Gasteiger partial charge in [-0.1, -0.05) is 24.0 Å². The number of carbonyl (C=O) groups is 2. The molecular weight excluding hydrogens is 272 g/mol. The van der Waals surface area contributed by atoms with Gasteiger partial charge in [-0.25, -0.2) is 4.79 Å². The first-order valence-corrected chi connectivity index (χ1v) is 6.05.